The van der Waals surface area contributed by atoms with Crippen LogP contribution in [0.5, 0.6) is 0 Å². The fourth-order valence-corrected chi connectivity index (χ4v) is 3.51. The van der Waals surface area contributed by atoms with E-state index in [0.717, 1.165) is 42.9 Å². The summed E-state index contributed by atoms with van der Waals surface area (Å²) >= 11 is 3.46. The zero-order valence-corrected chi connectivity index (χ0v) is 16.7. The van der Waals surface area contributed by atoms with Gasteiger partial charge in [0.1, 0.15) is 5.82 Å². The van der Waals surface area contributed by atoms with Crippen molar-refractivity contribution in [2.24, 2.45) is 0 Å². The standard InChI is InChI=1S/C20H25BrN4O/c1-2-18(16-6-8-17(21)9-7-16)23-15-20(26)25-13-11-24(12-14-25)19-5-3-4-10-22-19/h3-10,18,23H,2,11-15H2,1H3/t18-/m1/s1. The van der Waals surface area contributed by atoms with E-state index in [0.29, 0.717) is 6.54 Å². The first kappa shape index (κ1) is 18.9. The monoisotopic (exact) mass is 416 g/mol. The van der Waals surface area contributed by atoms with Crippen LogP contribution >= 0.6 is 15.9 Å². The van der Waals surface area contributed by atoms with Crippen LogP contribution in [0.4, 0.5) is 5.82 Å². The fourth-order valence-electron chi connectivity index (χ4n) is 3.24. The van der Waals surface area contributed by atoms with Gasteiger partial charge in [0.15, 0.2) is 0 Å². The largest absolute Gasteiger partial charge is 0.353 e. The number of anilines is 1. The molecule has 6 heteroatoms. The number of hydrogen-bond acceptors (Lipinski definition) is 4. The summed E-state index contributed by atoms with van der Waals surface area (Å²) in [5, 5.41) is 3.41. The molecule has 0 spiro atoms. The second-order valence-corrected chi connectivity index (χ2v) is 7.36. The van der Waals surface area contributed by atoms with Gasteiger partial charge in [-0.05, 0) is 36.2 Å². The van der Waals surface area contributed by atoms with Crippen LogP contribution in [0.3, 0.4) is 0 Å². The topological polar surface area (TPSA) is 48.5 Å². The summed E-state index contributed by atoms with van der Waals surface area (Å²) in [5.74, 6) is 1.15. The molecule has 2 aromatic rings. The molecule has 0 saturated carbocycles. The summed E-state index contributed by atoms with van der Waals surface area (Å²) in [7, 11) is 0. The van der Waals surface area contributed by atoms with E-state index in [1.807, 2.05) is 41.4 Å². The molecule has 1 aliphatic heterocycles. The quantitative estimate of drug-likeness (QED) is 0.784. The lowest BCUT2D eigenvalue weighted by Gasteiger charge is -2.35. The Labute approximate surface area is 163 Å². The Bertz CT molecular complexity index is 700. The minimum atomic E-state index is 0.168. The number of piperazine rings is 1. The Kier molecular flexibility index (Phi) is 6.63. The van der Waals surface area contributed by atoms with E-state index in [9.17, 15) is 4.79 Å². The van der Waals surface area contributed by atoms with Gasteiger partial charge in [-0.1, -0.05) is 41.1 Å². The molecule has 0 bridgehead atoms. The molecule has 0 unspecified atom stereocenters. The molecule has 0 aliphatic carbocycles. The highest BCUT2D eigenvalue weighted by Crippen LogP contribution is 2.19. The van der Waals surface area contributed by atoms with Gasteiger partial charge in [-0.2, -0.15) is 0 Å². The van der Waals surface area contributed by atoms with Crippen LogP contribution in [-0.4, -0.2) is 48.5 Å². The second-order valence-electron chi connectivity index (χ2n) is 6.45. The van der Waals surface area contributed by atoms with Crippen molar-refractivity contribution in [3.63, 3.8) is 0 Å². The van der Waals surface area contributed by atoms with Crippen molar-refractivity contribution >= 4 is 27.7 Å². The fraction of sp³-hybridized carbons (Fsp3) is 0.400. The van der Waals surface area contributed by atoms with E-state index in [4.69, 9.17) is 0 Å². The minimum absolute atomic E-state index is 0.168. The van der Waals surface area contributed by atoms with Crippen molar-refractivity contribution in [3.05, 3.63) is 58.7 Å². The first-order valence-electron chi connectivity index (χ1n) is 9.10. The van der Waals surface area contributed by atoms with Gasteiger partial charge in [-0.3, -0.25) is 4.79 Å². The number of aromatic nitrogens is 1. The maximum absolute atomic E-state index is 12.6. The molecule has 138 valence electrons. The zero-order chi connectivity index (χ0) is 18.4. The Balaban J connectivity index is 1.48. The summed E-state index contributed by atoms with van der Waals surface area (Å²) in [6.45, 7) is 5.64. The minimum Gasteiger partial charge on any atom is -0.353 e. The summed E-state index contributed by atoms with van der Waals surface area (Å²) in [6, 6.07) is 14.4. The van der Waals surface area contributed by atoms with Crippen LogP contribution < -0.4 is 10.2 Å². The SMILES string of the molecule is CC[C@@H](NCC(=O)N1CCN(c2ccccn2)CC1)c1ccc(Br)cc1. The predicted molar refractivity (Wildman–Crippen MR) is 108 cm³/mol. The summed E-state index contributed by atoms with van der Waals surface area (Å²) in [5.41, 5.74) is 1.21. The predicted octanol–water partition coefficient (Wildman–Crippen LogP) is 3.23. The molecule has 1 amide bonds. The third kappa shape index (κ3) is 4.83. The summed E-state index contributed by atoms with van der Waals surface area (Å²) in [6.07, 6.45) is 2.76. The van der Waals surface area contributed by atoms with Crippen molar-refractivity contribution < 1.29 is 4.79 Å². The number of halogens is 1. The Morgan fingerprint density at radius 1 is 1.15 bits per heavy atom. The maximum atomic E-state index is 12.6. The lowest BCUT2D eigenvalue weighted by Crippen LogP contribution is -2.51. The number of pyridine rings is 1. The zero-order valence-electron chi connectivity index (χ0n) is 15.1. The highest BCUT2D eigenvalue weighted by molar-refractivity contribution is 9.10. The molecule has 1 N–H and O–H groups in total. The third-order valence-electron chi connectivity index (χ3n) is 4.79. The van der Waals surface area contributed by atoms with Crippen molar-refractivity contribution in [2.75, 3.05) is 37.6 Å². The molecule has 1 atom stereocenters. The van der Waals surface area contributed by atoms with Gasteiger partial charge in [-0.25, -0.2) is 4.98 Å². The molecular formula is C20H25BrN4O. The first-order chi connectivity index (χ1) is 12.7. The third-order valence-corrected chi connectivity index (χ3v) is 5.31. The number of nitrogens with one attached hydrogen (secondary N) is 1. The highest BCUT2D eigenvalue weighted by atomic mass is 79.9. The van der Waals surface area contributed by atoms with Crippen LogP contribution in [0.2, 0.25) is 0 Å². The average molecular weight is 417 g/mol. The molecule has 1 aliphatic rings. The number of benzene rings is 1. The van der Waals surface area contributed by atoms with Crippen LogP contribution in [0, 0.1) is 0 Å². The van der Waals surface area contributed by atoms with Gasteiger partial charge < -0.3 is 15.1 Å². The smallest absolute Gasteiger partial charge is 0.236 e. The van der Waals surface area contributed by atoms with E-state index < -0.39 is 0 Å². The molecular weight excluding hydrogens is 392 g/mol. The van der Waals surface area contributed by atoms with Crippen molar-refractivity contribution in [2.45, 2.75) is 19.4 Å². The van der Waals surface area contributed by atoms with Gasteiger partial charge in [-0.15, -0.1) is 0 Å². The van der Waals surface area contributed by atoms with Gasteiger partial charge in [0.2, 0.25) is 5.91 Å². The van der Waals surface area contributed by atoms with Crippen LogP contribution in [0.15, 0.2) is 53.1 Å². The van der Waals surface area contributed by atoms with Crippen molar-refractivity contribution in [1.29, 1.82) is 0 Å². The van der Waals surface area contributed by atoms with E-state index in [1.54, 1.807) is 0 Å². The Hall–Kier alpha value is -1.92. The Morgan fingerprint density at radius 2 is 1.88 bits per heavy atom. The Morgan fingerprint density at radius 3 is 2.50 bits per heavy atom. The molecule has 5 nitrogen and oxygen atoms in total. The van der Waals surface area contributed by atoms with Crippen LogP contribution in [-0.2, 0) is 4.79 Å². The molecule has 26 heavy (non-hydrogen) atoms. The van der Waals surface area contributed by atoms with Crippen molar-refractivity contribution in [3.8, 4) is 0 Å². The highest BCUT2D eigenvalue weighted by Gasteiger charge is 2.22. The van der Waals surface area contributed by atoms with Gasteiger partial charge >= 0.3 is 0 Å². The van der Waals surface area contributed by atoms with Crippen molar-refractivity contribution in [1.82, 2.24) is 15.2 Å². The van der Waals surface area contributed by atoms with Gasteiger partial charge in [0.05, 0.1) is 6.54 Å². The summed E-state index contributed by atoms with van der Waals surface area (Å²) < 4.78 is 1.07. The van der Waals surface area contributed by atoms with Crippen LogP contribution in [0.1, 0.15) is 24.9 Å². The molecule has 3 rings (SSSR count). The van der Waals surface area contributed by atoms with E-state index >= 15 is 0 Å². The van der Waals surface area contributed by atoms with E-state index in [-0.39, 0.29) is 11.9 Å². The average Bonchev–Trinajstić information content (AvgIpc) is 2.70. The normalized spacial score (nSPS) is 15.8. The number of carbonyl (C=O) groups excluding carboxylic acids is 1. The molecule has 0 radical (unpaired) electrons. The molecule has 1 aromatic heterocycles. The first-order valence-corrected chi connectivity index (χ1v) is 9.89. The van der Waals surface area contributed by atoms with E-state index in [1.165, 1.54) is 5.56 Å². The number of amides is 1. The molecule has 1 saturated heterocycles. The molecule has 2 heterocycles. The molecule has 1 fully saturated rings. The number of carbonyl (C=O) groups is 1. The summed E-state index contributed by atoms with van der Waals surface area (Å²) in [4.78, 5) is 21.1. The number of rotatable bonds is 6. The number of nitrogens with zero attached hydrogens (tertiary/aromatic N) is 3. The molecule has 1 aromatic carbocycles. The lowest BCUT2D eigenvalue weighted by atomic mass is 10.0. The van der Waals surface area contributed by atoms with Gasteiger partial charge in [0.25, 0.3) is 0 Å². The van der Waals surface area contributed by atoms with Gasteiger partial charge in [0, 0.05) is 42.9 Å². The second kappa shape index (κ2) is 9.14. The number of hydrogen-bond donors (Lipinski definition) is 1. The van der Waals surface area contributed by atoms with Crippen LogP contribution in [0.25, 0.3) is 0 Å². The lowest BCUT2D eigenvalue weighted by molar-refractivity contribution is -0.130. The maximum Gasteiger partial charge on any atom is 0.236 e. The van der Waals surface area contributed by atoms with E-state index in [2.05, 4.69) is 50.2 Å².